The van der Waals surface area contributed by atoms with Gasteiger partial charge in [0.05, 0.1) is 21.3 Å². The topological polar surface area (TPSA) is 113 Å². The van der Waals surface area contributed by atoms with Crippen molar-refractivity contribution in [2.24, 2.45) is 5.10 Å². The molecule has 1 saturated heterocycles. The SMILES string of the molecule is Cc1ccc(S(=O)(=O)N2CCN(c3c(Cl)cccc3NN=C(C#N)C#N)CC2)cc1. The minimum absolute atomic E-state index is 0.275. The van der Waals surface area contributed by atoms with Crippen LogP contribution in [-0.2, 0) is 10.0 Å². The van der Waals surface area contributed by atoms with Crippen LogP contribution in [0.15, 0.2) is 52.5 Å². The Bertz CT molecular complexity index is 1130. The summed E-state index contributed by atoms with van der Waals surface area (Å²) in [6, 6.07) is 15.3. The van der Waals surface area contributed by atoms with Gasteiger partial charge < -0.3 is 4.90 Å². The van der Waals surface area contributed by atoms with E-state index < -0.39 is 10.0 Å². The molecule has 0 bridgehead atoms. The summed E-state index contributed by atoms with van der Waals surface area (Å²) in [4.78, 5) is 2.23. The number of hydrogen-bond acceptors (Lipinski definition) is 7. The van der Waals surface area contributed by atoms with Crippen LogP contribution >= 0.6 is 11.6 Å². The Morgan fingerprint density at radius 1 is 1.07 bits per heavy atom. The average molecular weight is 443 g/mol. The van der Waals surface area contributed by atoms with Gasteiger partial charge in [0.2, 0.25) is 15.7 Å². The summed E-state index contributed by atoms with van der Waals surface area (Å²) in [5.74, 6) is 0. The van der Waals surface area contributed by atoms with Gasteiger partial charge in [-0.15, -0.1) is 0 Å². The van der Waals surface area contributed by atoms with E-state index in [9.17, 15) is 8.42 Å². The van der Waals surface area contributed by atoms with Crippen LogP contribution in [0.4, 0.5) is 11.4 Å². The predicted octanol–water partition coefficient (Wildman–Crippen LogP) is 2.97. The van der Waals surface area contributed by atoms with Crippen LogP contribution in [0.1, 0.15) is 5.56 Å². The van der Waals surface area contributed by atoms with Gasteiger partial charge in [-0.25, -0.2) is 8.42 Å². The van der Waals surface area contributed by atoms with Gasteiger partial charge in [0, 0.05) is 26.2 Å². The van der Waals surface area contributed by atoms with E-state index in [0.29, 0.717) is 42.6 Å². The molecule has 0 aliphatic carbocycles. The highest BCUT2D eigenvalue weighted by molar-refractivity contribution is 7.89. The molecule has 2 aromatic carbocycles. The zero-order chi connectivity index (χ0) is 21.7. The first-order valence-corrected chi connectivity index (χ1v) is 10.9. The van der Waals surface area contributed by atoms with Crippen LogP contribution < -0.4 is 10.3 Å². The number of rotatable bonds is 5. The second kappa shape index (κ2) is 9.14. The summed E-state index contributed by atoms with van der Waals surface area (Å²) in [5, 5.41) is 21.9. The third-order valence-corrected chi connectivity index (χ3v) is 6.92. The molecule has 2 aromatic rings. The number of hydrogen-bond donors (Lipinski definition) is 1. The van der Waals surface area contributed by atoms with Crippen LogP contribution in [0.5, 0.6) is 0 Å². The van der Waals surface area contributed by atoms with Crippen molar-refractivity contribution in [3.8, 4) is 12.1 Å². The fourth-order valence-corrected chi connectivity index (χ4v) is 4.85. The van der Waals surface area contributed by atoms with E-state index in [0.717, 1.165) is 5.56 Å². The molecule has 3 rings (SSSR count). The number of sulfonamides is 1. The van der Waals surface area contributed by atoms with Crippen molar-refractivity contribution >= 4 is 38.7 Å². The normalized spacial score (nSPS) is 14.5. The second-order valence-corrected chi connectivity index (χ2v) is 8.98. The fraction of sp³-hybridized carbons (Fsp3) is 0.250. The lowest BCUT2D eigenvalue weighted by Crippen LogP contribution is -2.48. The van der Waals surface area contributed by atoms with Gasteiger partial charge in [0.15, 0.2) is 0 Å². The molecule has 0 aromatic heterocycles. The van der Waals surface area contributed by atoms with E-state index in [2.05, 4.69) is 10.5 Å². The molecule has 0 atom stereocenters. The molecule has 0 saturated carbocycles. The van der Waals surface area contributed by atoms with E-state index in [4.69, 9.17) is 22.1 Å². The average Bonchev–Trinajstić information content (AvgIpc) is 2.75. The van der Waals surface area contributed by atoms with Crippen molar-refractivity contribution < 1.29 is 8.42 Å². The van der Waals surface area contributed by atoms with E-state index in [1.54, 1.807) is 54.6 Å². The number of anilines is 2. The molecule has 0 radical (unpaired) electrons. The lowest BCUT2D eigenvalue weighted by Gasteiger charge is -2.36. The third kappa shape index (κ3) is 4.55. The summed E-state index contributed by atoms with van der Waals surface area (Å²) in [5.41, 5.74) is 4.57. The number of piperazine rings is 1. The summed E-state index contributed by atoms with van der Waals surface area (Å²) < 4.78 is 27.3. The molecule has 8 nitrogen and oxygen atoms in total. The molecule has 10 heteroatoms. The summed E-state index contributed by atoms with van der Waals surface area (Å²) in [7, 11) is -3.57. The van der Waals surface area contributed by atoms with E-state index in [1.807, 2.05) is 11.8 Å². The first-order valence-electron chi connectivity index (χ1n) is 9.11. The molecule has 1 N–H and O–H groups in total. The first-order chi connectivity index (χ1) is 14.4. The Morgan fingerprint density at radius 2 is 1.70 bits per heavy atom. The molecule has 1 aliphatic rings. The van der Waals surface area contributed by atoms with E-state index in [-0.39, 0.29) is 10.6 Å². The van der Waals surface area contributed by atoms with Crippen LogP contribution in [0.2, 0.25) is 5.02 Å². The highest BCUT2D eigenvalue weighted by atomic mass is 35.5. The number of aryl methyl sites for hydroxylation is 1. The van der Waals surface area contributed by atoms with Crippen molar-refractivity contribution in [2.45, 2.75) is 11.8 Å². The lowest BCUT2D eigenvalue weighted by atomic mass is 10.2. The van der Waals surface area contributed by atoms with Crippen molar-refractivity contribution in [1.82, 2.24) is 4.31 Å². The summed E-state index contributed by atoms with van der Waals surface area (Å²) >= 11 is 6.39. The van der Waals surface area contributed by atoms with Crippen LogP contribution in [0, 0.1) is 29.6 Å². The van der Waals surface area contributed by atoms with Gasteiger partial charge in [0.1, 0.15) is 12.1 Å². The number of halogens is 1. The smallest absolute Gasteiger partial charge is 0.243 e. The van der Waals surface area contributed by atoms with E-state index >= 15 is 0 Å². The highest BCUT2D eigenvalue weighted by Gasteiger charge is 2.29. The van der Waals surface area contributed by atoms with Gasteiger partial charge in [0.25, 0.3) is 0 Å². The molecule has 154 valence electrons. The van der Waals surface area contributed by atoms with Crippen LogP contribution in [0.3, 0.4) is 0 Å². The molecule has 0 amide bonds. The number of nitrogens with one attached hydrogen (secondary N) is 1. The standard InChI is InChI=1S/C20H19ClN6O2S/c1-15-5-7-17(8-6-15)30(28,29)27-11-9-26(10-12-27)20-18(21)3-2-4-19(20)25-24-16(13-22)14-23/h2-8,25H,9-12H2,1H3. The van der Waals surface area contributed by atoms with Crippen molar-refractivity contribution in [3.05, 3.63) is 53.1 Å². The molecular formula is C20H19ClN6O2S. The largest absolute Gasteiger partial charge is 0.366 e. The van der Waals surface area contributed by atoms with Gasteiger partial charge in [-0.3, -0.25) is 5.43 Å². The van der Waals surface area contributed by atoms with Crippen LogP contribution in [0.25, 0.3) is 0 Å². The first kappa shape index (κ1) is 21.6. The maximum Gasteiger partial charge on any atom is 0.243 e. The maximum atomic E-state index is 12.9. The molecule has 1 aliphatic heterocycles. The van der Waals surface area contributed by atoms with Crippen LogP contribution in [-0.4, -0.2) is 44.6 Å². The molecule has 0 unspecified atom stereocenters. The fourth-order valence-electron chi connectivity index (χ4n) is 3.13. The Morgan fingerprint density at radius 3 is 2.30 bits per heavy atom. The monoisotopic (exact) mass is 442 g/mol. The molecule has 1 heterocycles. The zero-order valence-electron chi connectivity index (χ0n) is 16.2. The number of nitrogens with zero attached hydrogens (tertiary/aromatic N) is 5. The van der Waals surface area contributed by atoms with Gasteiger partial charge in [-0.05, 0) is 31.2 Å². The number of benzene rings is 2. The minimum atomic E-state index is -3.57. The number of nitriles is 2. The van der Waals surface area contributed by atoms with Gasteiger partial charge in [-0.1, -0.05) is 35.4 Å². The summed E-state index contributed by atoms with van der Waals surface area (Å²) in [6.45, 7) is 3.36. The Kier molecular flexibility index (Phi) is 6.58. The molecule has 30 heavy (non-hydrogen) atoms. The van der Waals surface area contributed by atoms with E-state index in [1.165, 1.54) is 4.31 Å². The molecular weight excluding hydrogens is 424 g/mol. The van der Waals surface area contributed by atoms with Gasteiger partial charge in [-0.2, -0.15) is 19.9 Å². The number of hydrazone groups is 1. The maximum absolute atomic E-state index is 12.9. The minimum Gasteiger partial charge on any atom is -0.366 e. The summed E-state index contributed by atoms with van der Waals surface area (Å²) in [6.07, 6.45) is 0. The van der Waals surface area contributed by atoms with Crippen molar-refractivity contribution in [3.63, 3.8) is 0 Å². The molecule has 1 fully saturated rings. The van der Waals surface area contributed by atoms with Crippen molar-refractivity contribution in [1.29, 1.82) is 10.5 Å². The second-order valence-electron chi connectivity index (χ2n) is 6.64. The Balaban J connectivity index is 1.78. The third-order valence-electron chi connectivity index (χ3n) is 4.70. The lowest BCUT2D eigenvalue weighted by molar-refractivity contribution is 0.385. The number of para-hydroxylation sites is 1. The van der Waals surface area contributed by atoms with Crippen molar-refractivity contribution in [2.75, 3.05) is 36.5 Å². The quantitative estimate of drug-likeness (QED) is 0.562. The Hall–Kier alpha value is -3.11. The zero-order valence-corrected chi connectivity index (χ0v) is 17.8. The predicted molar refractivity (Wildman–Crippen MR) is 116 cm³/mol. The Labute approximate surface area is 180 Å². The molecule has 0 spiro atoms. The highest BCUT2D eigenvalue weighted by Crippen LogP contribution is 2.35. The van der Waals surface area contributed by atoms with Gasteiger partial charge >= 0.3 is 0 Å².